The molecule has 3 N–H and O–H groups in total. The van der Waals surface area contributed by atoms with Crippen molar-refractivity contribution in [1.82, 2.24) is 0 Å². The second-order valence-electron chi connectivity index (χ2n) is 7.00. The van der Waals surface area contributed by atoms with E-state index in [9.17, 15) is 9.59 Å². The van der Waals surface area contributed by atoms with Crippen molar-refractivity contribution in [1.29, 1.82) is 0 Å². The molecule has 0 spiro atoms. The number of anilines is 1. The van der Waals surface area contributed by atoms with E-state index in [2.05, 4.69) is 12.2 Å². The number of fused-ring (bicyclic) bond motifs is 1. The number of primary amides is 1. The topological polar surface area (TPSA) is 81.4 Å². The molecular weight excluding hydrogens is 348 g/mol. The van der Waals surface area contributed by atoms with Gasteiger partial charge in [-0.05, 0) is 67.9 Å². The number of carbonyl (C=O) groups is 2. The van der Waals surface area contributed by atoms with Crippen molar-refractivity contribution in [2.24, 2.45) is 11.7 Å². The lowest BCUT2D eigenvalue weighted by Gasteiger charge is -2.18. The average Bonchev–Trinajstić information content (AvgIpc) is 2.92. The first-order chi connectivity index (χ1) is 12.3. The van der Waals surface area contributed by atoms with Crippen LogP contribution in [0.15, 0.2) is 18.2 Å². The highest BCUT2D eigenvalue weighted by Gasteiger charge is 2.27. The summed E-state index contributed by atoms with van der Waals surface area (Å²) < 4.78 is 5.57. The Morgan fingerprint density at radius 3 is 2.77 bits per heavy atom. The van der Waals surface area contributed by atoms with E-state index in [0.29, 0.717) is 22.2 Å². The van der Waals surface area contributed by atoms with Gasteiger partial charge in [0, 0.05) is 4.88 Å². The molecule has 0 aliphatic heterocycles. The van der Waals surface area contributed by atoms with Crippen molar-refractivity contribution in [2.75, 3.05) is 11.9 Å². The molecule has 1 aromatic heterocycles. The van der Waals surface area contributed by atoms with Gasteiger partial charge in [-0.15, -0.1) is 11.3 Å². The van der Waals surface area contributed by atoms with Gasteiger partial charge in [-0.2, -0.15) is 0 Å². The summed E-state index contributed by atoms with van der Waals surface area (Å²) in [5, 5.41) is 3.36. The zero-order chi connectivity index (χ0) is 18.8. The van der Waals surface area contributed by atoms with E-state index in [4.69, 9.17) is 10.5 Å². The summed E-state index contributed by atoms with van der Waals surface area (Å²) in [6.45, 7) is 6.11. The molecule has 0 radical (unpaired) electrons. The molecule has 1 heterocycles. The van der Waals surface area contributed by atoms with E-state index in [0.717, 1.165) is 35.3 Å². The van der Waals surface area contributed by atoms with Gasteiger partial charge < -0.3 is 15.8 Å². The standard InChI is InChI=1S/C20H24N2O3S/c1-11-4-7-15-16(8-11)26-20(18(15)19(21)24)22-17(23)10-25-14-6-5-12(2)13(3)9-14/h5-6,9,11H,4,7-8,10H2,1-3H3,(H2,21,24)(H,22,23). The van der Waals surface area contributed by atoms with Gasteiger partial charge in [0.1, 0.15) is 10.8 Å². The van der Waals surface area contributed by atoms with Crippen LogP contribution in [0.3, 0.4) is 0 Å². The molecule has 1 aliphatic carbocycles. The second-order valence-corrected chi connectivity index (χ2v) is 8.11. The van der Waals surface area contributed by atoms with Crippen LogP contribution in [0.25, 0.3) is 0 Å². The number of carbonyl (C=O) groups excluding carboxylic acids is 2. The quantitative estimate of drug-likeness (QED) is 0.841. The Kier molecular flexibility index (Phi) is 5.32. The molecule has 0 bridgehead atoms. The Hall–Kier alpha value is -2.34. The number of nitrogens with one attached hydrogen (secondary N) is 1. The van der Waals surface area contributed by atoms with E-state index in [1.165, 1.54) is 16.9 Å². The van der Waals surface area contributed by atoms with Crippen molar-refractivity contribution >= 4 is 28.2 Å². The number of ether oxygens (including phenoxy) is 1. The summed E-state index contributed by atoms with van der Waals surface area (Å²) in [6, 6.07) is 5.71. The minimum absolute atomic E-state index is 0.111. The normalized spacial score (nSPS) is 16.0. The lowest BCUT2D eigenvalue weighted by Crippen LogP contribution is -2.22. The van der Waals surface area contributed by atoms with Crippen molar-refractivity contribution in [3.8, 4) is 5.75 Å². The van der Waals surface area contributed by atoms with Gasteiger partial charge in [-0.1, -0.05) is 13.0 Å². The molecule has 1 aliphatic rings. The molecule has 0 saturated carbocycles. The molecule has 3 rings (SSSR count). The first kappa shape index (κ1) is 18.5. The summed E-state index contributed by atoms with van der Waals surface area (Å²) in [5.74, 6) is 0.455. The molecule has 1 atom stereocenters. The highest BCUT2D eigenvalue weighted by molar-refractivity contribution is 7.17. The van der Waals surface area contributed by atoms with E-state index in [-0.39, 0.29) is 12.5 Å². The molecule has 1 unspecified atom stereocenters. The van der Waals surface area contributed by atoms with Crippen LogP contribution in [-0.4, -0.2) is 18.4 Å². The van der Waals surface area contributed by atoms with E-state index < -0.39 is 5.91 Å². The Morgan fingerprint density at radius 1 is 1.31 bits per heavy atom. The number of aryl methyl sites for hydroxylation is 2. The number of benzene rings is 1. The van der Waals surface area contributed by atoms with E-state index in [1.807, 2.05) is 32.0 Å². The molecule has 2 amide bonds. The lowest BCUT2D eigenvalue weighted by molar-refractivity contribution is -0.118. The fourth-order valence-electron chi connectivity index (χ4n) is 3.21. The van der Waals surface area contributed by atoms with Gasteiger partial charge in [-0.25, -0.2) is 0 Å². The zero-order valence-corrected chi connectivity index (χ0v) is 16.2. The number of thiophene rings is 1. The van der Waals surface area contributed by atoms with Gasteiger partial charge >= 0.3 is 0 Å². The molecule has 0 saturated heterocycles. The van der Waals surface area contributed by atoms with Crippen molar-refractivity contribution in [3.63, 3.8) is 0 Å². The number of hydrogen-bond donors (Lipinski definition) is 2. The first-order valence-electron chi connectivity index (χ1n) is 8.79. The van der Waals surface area contributed by atoms with Gasteiger partial charge in [0.15, 0.2) is 6.61 Å². The Labute approximate surface area is 157 Å². The van der Waals surface area contributed by atoms with Gasteiger partial charge in [0.2, 0.25) is 0 Å². The molecule has 138 valence electrons. The predicted molar refractivity (Wildman–Crippen MR) is 104 cm³/mol. The summed E-state index contributed by atoms with van der Waals surface area (Å²) in [6.07, 6.45) is 2.79. The molecule has 1 aromatic carbocycles. The molecular formula is C20H24N2O3S. The predicted octanol–water partition coefficient (Wildman–Crippen LogP) is 3.61. The smallest absolute Gasteiger partial charge is 0.262 e. The molecule has 2 aromatic rings. The maximum Gasteiger partial charge on any atom is 0.262 e. The highest BCUT2D eigenvalue weighted by Crippen LogP contribution is 2.39. The lowest BCUT2D eigenvalue weighted by atomic mass is 9.88. The second kappa shape index (κ2) is 7.50. The van der Waals surface area contributed by atoms with Crippen molar-refractivity contribution < 1.29 is 14.3 Å². The van der Waals surface area contributed by atoms with Crippen LogP contribution in [0.4, 0.5) is 5.00 Å². The van der Waals surface area contributed by atoms with Gasteiger partial charge in [0.05, 0.1) is 5.56 Å². The summed E-state index contributed by atoms with van der Waals surface area (Å²) >= 11 is 1.46. The summed E-state index contributed by atoms with van der Waals surface area (Å²) in [4.78, 5) is 25.4. The number of rotatable bonds is 5. The first-order valence-corrected chi connectivity index (χ1v) is 9.61. The molecule has 6 heteroatoms. The van der Waals surface area contributed by atoms with Crippen molar-refractivity contribution in [2.45, 2.75) is 40.0 Å². The average molecular weight is 372 g/mol. The maximum absolute atomic E-state index is 12.3. The van der Waals surface area contributed by atoms with E-state index >= 15 is 0 Å². The summed E-state index contributed by atoms with van der Waals surface area (Å²) in [7, 11) is 0. The molecule has 5 nitrogen and oxygen atoms in total. The van der Waals surface area contributed by atoms with Crippen LogP contribution in [0.1, 0.15) is 45.3 Å². The van der Waals surface area contributed by atoms with Gasteiger partial charge in [0.25, 0.3) is 11.8 Å². The van der Waals surface area contributed by atoms with Crippen LogP contribution in [-0.2, 0) is 17.6 Å². The monoisotopic (exact) mass is 372 g/mol. The fraction of sp³-hybridized carbons (Fsp3) is 0.400. The third-order valence-corrected chi connectivity index (χ3v) is 6.03. The SMILES string of the molecule is Cc1ccc(OCC(=O)Nc2sc3c(c2C(N)=O)CCC(C)C3)cc1C. The van der Waals surface area contributed by atoms with E-state index in [1.54, 1.807) is 0 Å². The molecule has 26 heavy (non-hydrogen) atoms. The highest BCUT2D eigenvalue weighted by atomic mass is 32.1. The fourth-order valence-corrected chi connectivity index (χ4v) is 4.65. The minimum atomic E-state index is -0.484. The zero-order valence-electron chi connectivity index (χ0n) is 15.3. The van der Waals surface area contributed by atoms with Crippen LogP contribution in [0.2, 0.25) is 0 Å². The molecule has 0 fully saturated rings. The number of amides is 2. The number of hydrogen-bond acceptors (Lipinski definition) is 4. The maximum atomic E-state index is 12.3. The van der Waals surface area contributed by atoms with Crippen molar-refractivity contribution in [3.05, 3.63) is 45.3 Å². The Morgan fingerprint density at radius 2 is 2.08 bits per heavy atom. The third-order valence-electron chi connectivity index (χ3n) is 4.86. The third kappa shape index (κ3) is 3.90. The Balaban J connectivity index is 1.71. The van der Waals surface area contributed by atoms with Crippen LogP contribution in [0.5, 0.6) is 5.75 Å². The van der Waals surface area contributed by atoms with Crippen LogP contribution < -0.4 is 15.8 Å². The number of nitrogens with two attached hydrogens (primary N) is 1. The Bertz CT molecular complexity index is 857. The minimum Gasteiger partial charge on any atom is -0.484 e. The van der Waals surface area contributed by atoms with Crippen LogP contribution in [0, 0.1) is 19.8 Å². The summed E-state index contributed by atoms with van der Waals surface area (Å²) in [5.41, 5.74) is 9.33. The largest absolute Gasteiger partial charge is 0.484 e. The van der Waals surface area contributed by atoms with Crippen LogP contribution >= 0.6 is 11.3 Å². The van der Waals surface area contributed by atoms with Gasteiger partial charge in [-0.3, -0.25) is 9.59 Å².